The number of amides is 2. The molecule has 0 radical (unpaired) electrons. The van der Waals surface area contributed by atoms with Gasteiger partial charge in [-0.3, -0.25) is 4.79 Å². The highest BCUT2D eigenvalue weighted by Crippen LogP contribution is 2.47. The van der Waals surface area contributed by atoms with E-state index in [9.17, 15) is 19.5 Å². The molecule has 1 saturated heterocycles. The predicted molar refractivity (Wildman–Crippen MR) is 147 cm³/mol. The largest absolute Gasteiger partial charge is 0.480 e. The minimum Gasteiger partial charge on any atom is -0.480 e. The van der Waals surface area contributed by atoms with Crippen LogP contribution in [0.1, 0.15) is 53.5 Å². The van der Waals surface area contributed by atoms with Crippen molar-refractivity contribution in [2.75, 3.05) is 12.8 Å². The van der Waals surface area contributed by atoms with Gasteiger partial charge in [-0.1, -0.05) is 75.4 Å². The van der Waals surface area contributed by atoms with E-state index >= 15 is 0 Å². The number of likely N-dealkylation sites (tertiary alicyclic amines) is 1. The van der Waals surface area contributed by atoms with Gasteiger partial charge >= 0.3 is 12.1 Å². The standard InChI is InChI=1S/C29H38N2O5S/c1-27(2,3)23(30-26(35)36-28(4,5)6)24(32)31-18-29(37-7,17-22(31)25(33)34)21-15-13-20(14-16-21)19-11-9-8-10-12-19/h8-16,22-23H,17-18H2,1-7H3,(H,30,35)(H,33,34)/t22-,23?,29-/m0/s1. The minimum atomic E-state index is -1.06. The van der Waals surface area contributed by atoms with Crippen LogP contribution in [0.5, 0.6) is 0 Å². The Balaban J connectivity index is 1.92. The van der Waals surface area contributed by atoms with Crippen molar-refractivity contribution in [3.63, 3.8) is 0 Å². The summed E-state index contributed by atoms with van der Waals surface area (Å²) in [5, 5.41) is 12.8. The molecule has 2 aromatic rings. The number of carboxylic acid groups (broad SMARTS) is 1. The van der Waals surface area contributed by atoms with Gasteiger partial charge in [0.15, 0.2) is 0 Å². The van der Waals surface area contributed by atoms with Gasteiger partial charge in [-0.05, 0) is 55.6 Å². The van der Waals surface area contributed by atoms with Crippen molar-refractivity contribution in [2.24, 2.45) is 5.41 Å². The summed E-state index contributed by atoms with van der Waals surface area (Å²) in [5.74, 6) is -1.49. The number of nitrogens with zero attached hydrogens (tertiary/aromatic N) is 1. The average Bonchev–Trinajstić information content (AvgIpc) is 3.23. The Bertz CT molecular complexity index is 1120. The molecule has 3 rings (SSSR count). The summed E-state index contributed by atoms with van der Waals surface area (Å²) in [7, 11) is 0. The fraction of sp³-hybridized carbons (Fsp3) is 0.483. The van der Waals surface area contributed by atoms with Crippen LogP contribution in [0.4, 0.5) is 4.79 Å². The number of hydrogen-bond donors (Lipinski definition) is 2. The van der Waals surface area contributed by atoms with Crippen LogP contribution in [0.25, 0.3) is 11.1 Å². The lowest BCUT2D eigenvalue weighted by Crippen LogP contribution is -2.57. The fourth-order valence-electron chi connectivity index (χ4n) is 4.64. The van der Waals surface area contributed by atoms with E-state index in [1.807, 2.05) is 81.6 Å². The van der Waals surface area contributed by atoms with E-state index in [-0.39, 0.29) is 13.0 Å². The van der Waals surface area contributed by atoms with Gasteiger partial charge in [-0.15, -0.1) is 0 Å². The average molecular weight is 527 g/mol. The molecule has 2 amide bonds. The quantitative estimate of drug-likeness (QED) is 0.513. The molecule has 8 heteroatoms. The van der Waals surface area contributed by atoms with Crippen LogP contribution in [-0.4, -0.2) is 58.5 Å². The third-order valence-electron chi connectivity index (χ3n) is 6.58. The molecule has 37 heavy (non-hydrogen) atoms. The molecule has 0 saturated carbocycles. The van der Waals surface area contributed by atoms with Crippen molar-refractivity contribution in [3.05, 3.63) is 60.2 Å². The number of benzene rings is 2. The molecule has 1 fully saturated rings. The van der Waals surface area contributed by atoms with Gasteiger partial charge < -0.3 is 20.1 Å². The molecule has 1 aliphatic heterocycles. The zero-order valence-corrected chi connectivity index (χ0v) is 23.5. The Morgan fingerprint density at radius 1 is 1.00 bits per heavy atom. The van der Waals surface area contributed by atoms with Crippen molar-refractivity contribution in [1.29, 1.82) is 0 Å². The highest BCUT2D eigenvalue weighted by atomic mass is 32.2. The van der Waals surface area contributed by atoms with Crippen molar-refractivity contribution in [2.45, 2.75) is 70.4 Å². The van der Waals surface area contributed by atoms with E-state index in [4.69, 9.17) is 4.74 Å². The summed E-state index contributed by atoms with van der Waals surface area (Å²) in [5.41, 5.74) is 1.73. The number of carbonyl (C=O) groups is 3. The Morgan fingerprint density at radius 2 is 1.57 bits per heavy atom. The van der Waals surface area contributed by atoms with Crippen LogP contribution in [-0.2, 0) is 19.1 Å². The van der Waals surface area contributed by atoms with Gasteiger partial charge in [0.25, 0.3) is 0 Å². The summed E-state index contributed by atoms with van der Waals surface area (Å²) in [6, 6.07) is 16.2. The molecule has 0 bridgehead atoms. The van der Waals surface area contributed by atoms with Gasteiger partial charge in [-0.25, -0.2) is 9.59 Å². The Kier molecular flexibility index (Phi) is 8.32. The first-order chi connectivity index (χ1) is 17.2. The summed E-state index contributed by atoms with van der Waals surface area (Å²) in [6.07, 6.45) is 1.50. The number of carboxylic acids is 1. The Labute approximate surface area is 224 Å². The second-order valence-corrected chi connectivity index (χ2v) is 12.8. The van der Waals surface area contributed by atoms with Gasteiger partial charge in [0.1, 0.15) is 17.7 Å². The SMILES string of the molecule is CS[C@@]1(c2ccc(-c3ccccc3)cc2)C[C@@H](C(=O)O)N(C(=O)C(NC(=O)OC(C)(C)C)C(C)(C)C)C1. The number of thioether (sulfide) groups is 1. The number of aliphatic carboxylic acids is 1. The summed E-state index contributed by atoms with van der Waals surface area (Å²) >= 11 is 1.55. The van der Waals surface area contributed by atoms with E-state index in [0.29, 0.717) is 0 Å². The zero-order valence-electron chi connectivity index (χ0n) is 22.7. The van der Waals surface area contributed by atoms with Crippen LogP contribution in [0.15, 0.2) is 54.6 Å². The highest BCUT2D eigenvalue weighted by Gasteiger charge is 2.52. The molecular weight excluding hydrogens is 488 g/mol. The van der Waals surface area contributed by atoms with E-state index < -0.39 is 45.8 Å². The highest BCUT2D eigenvalue weighted by molar-refractivity contribution is 7.99. The molecule has 3 atom stereocenters. The van der Waals surface area contributed by atoms with E-state index in [0.717, 1.165) is 16.7 Å². The molecule has 2 aromatic carbocycles. The number of carbonyl (C=O) groups excluding carboxylic acids is 2. The van der Waals surface area contributed by atoms with E-state index in [1.165, 1.54) is 4.90 Å². The van der Waals surface area contributed by atoms with Gasteiger partial charge in [-0.2, -0.15) is 11.8 Å². The van der Waals surface area contributed by atoms with Gasteiger partial charge in [0.2, 0.25) is 5.91 Å². The van der Waals surface area contributed by atoms with E-state index in [1.54, 1.807) is 32.5 Å². The molecule has 1 unspecified atom stereocenters. The lowest BCUT2D eigenvalue weighted by atomic mass is 9.85. The third kappa shape index (κ3) is 6.66. The first-order valence-electron chi connectivity index (χ1n) is 12.4. The fourth-order valence-corrected chi connectivity index (χ4v) is 5.60. The van der Waals surface area contributed by atoms with Crippen molar-refractivity contribution >= 4 is 29.7 Å². The third-order valence-corrected chi connectivity index (χ3v) is 7.89. The Hall–Kier alpha value is -3.00. The number of alkyl carbamates (subject to hydrolysis) is 1. The van der Waals surface area contributed by atoms with Crippen LogP contribution in [0.2, 0.25) is 0 Å². The molecular formula is C29H38N2O5S. The van der Waals surface area contributed by atoms with Crippen LogP contribution in [0.3, 0.4) is 0 Å². The molecule has 0 aromatic heterocycles. The van der Waals surface area contributed by atoms with Gasteiger partial charge in [0.05, 0.1) is 4.75 Å². The van der Waals surface area contributed by atoms with Crippen molar-refractivity contribution in [1.82, 2.24) is 10.2 Å². The minimum absolute atomic E-state index is 0.219. The Morgan fingerprint density at radius 3 is 2.05 bits per heavy atom. The molecule has 1 heterocycles. The number of hydrogen-bond acceptors (Lipinski definition) is 5. The molecule has 7 nitrogen and oxygen atoms in total. The lowest BCUT2D eigenvalue weighted by Gasteiger charge is -2.35. The first kappa shape index (κ1) is 28.6. The van der Waals surface area contributed by atoms with Crippen LogP contribution < -0.4 is 5.32 Å². The first-order valence-corrected chi connectivity index (χ1v) is 13.6. The molecule has 0 aliphatic carbocycles. The lowest BCUT2D eigenvalue weighted by molar-refractivity contribution is -0.150. The van der Waals surface area contributed by atoms with Crippen molar-refractivity contribution < 1.29 is 24.2 Å². The molecule has 1 aliphatic rings. The molecule has 2 N–H and O–H groups in total. The van der Waals surface area contributed by atoms with Crippen LogP contribution >= 0.6 is 11.8 Å². The van der Waals surface area contributed by atoms with E-state index in [2.05, 4.69) is 5.32 Å². The zero-order chi connectivity index (χ0) is 27.6. The number of nitrogens with one attached hydrogen (secondary N) is 1. The summed E-state index contributed by atoms with van der Waals surface area (Å²) < 4.78 is 4.79. The second kappa shape index (κ2) is 10.8. The maximum Gasteiger partial charge on any atom is 0.408 e. The van der Waals surface area contributed by atoms with Gasteiger partial charge in [0, 0.05) is 6.54 Å². The topological polar surface area (TPSA) is 95.9 Å². The summed E-state index contributed by atoms with van der Waals surface area (Å²) in [6.45, 7) is 11.0. The monoisotopic (exact) mass is 526 g/mol. The second-order valence-electron chi connectivity index (χ2n) is 11.6. The predicted octanol–water partition coefficient (Wildman–Crippen LogP) is 5.54. The molecule has 0 spiro atoms. The number of rotatable bonds is 6. The smallest absolute Gasteiger partial charge is 0.408 e. The normalized spacial score (nSPS) is 20.8. The number of ether oxygens (including phenoxy) is 1. The molecule has 200 valence electrons. The maximum absolute atomic E-state index is 13.9. The van der Waals surface area contributed by atoms with Crippen molar-refractivity contribution in [3.8, 4) is 11.1 Å². The summed E-state index contributed by atoms with van der Waals surface area (Å²) in [4.78, 5) is 40.2. The maximum atomic E-state index is 13.9. The van der Waals surface area contributed by atoms with Crippen LogP contribution in [0, 0.1) is 5.41 Å².